The Morgan fingerprint density at radius 2 is 2.00 bits per heavy atom. The fourth-order valence-electron chi connectivity index (χ4n) is 1.92. The van der Waals surface area contributed by atoms with Crippen molar-refractivity contribution in [2.24, 2.45) is 0 Å². The average Bonchev–Trinajstić information content (AvgIpc) is 2.93. The molecule has 0 fully saturated rings. The van der Waals surface area contributed by atoms with E-state index in [1.165, 1.54) is 24.8 Å². The first-order chi connectivity index (χ1) is 8.90. The Hall–Kier alpha value is -1.61. The highest BCUT2D eigenvalue weighted by Crippen LogP contribution is 2.08. The van der Waals surface area contributed by atoms with Gasteiger partial charge in [0.25, 0.3) is 0 Å². The van der Waals surface area contributed by atoms with E-state index in [2.05, 4.69) is 41.6 Å². The highest BCUT2D eigenvalue weighted by atomic mass is 15.3. The Morgan fingerprint density at radius 3 is 2.67 bits per heavy atom. The van der Waals surface area contributed by atoms with Crippen molar-refractivity contribution in [2.75, 3.05) is 6.54 Å². The van der Waals surface area contributed by atoms with E-state index >= 15 is 0 Å². The summed E-state index contributed by atoms with van der Waals surface area (Å²) >= 11 is 0. The highest BCUT2D eigenvalue weighted by Gasteiger charge is 1.96. The predicted molar refractivity (Wildman–Crippen MR) is 74.8 cm³/mol. The van der Waals surface area contributed by atoms with Crippen LogP contribution in [-0.4, -0.2) is 16.3 Å². The second-order valence-electron chi connectivity index (χ2n) is 4.50. The first kappa shape index (κ1) is 12.8. The Kier molecular flexibility index (Phi) is 4.97. The van der Waals surface area contributed by atoms with Crippen LogP contribution in [0.4, 0.5) is 0 Å². The molecule has 0 bridgehead atoms. The Bertz CT molecular complexity index is 431. The molecule has 96 valence electrons. The number of benzene rings is 1. The largest absolute Gasteiger partial charge is 0.313 e. The second kappa shape index (κ2) is 6.97. The van der Waals surface area contributed by atoms with Crippen molar-refractivity contribution in [1.29, 1.82) is 0 Å². The predicted octanol–water partition coefficient (Wildman–Crippen LogP) is 3.15. The number of rotatable bonds is 7. The molecule has 3 nitrogen and oxygen atoms in total. The number of nitrogens with one attached hydrogen (secondary N) is 1. The maximum atomic E-state index is 4.21. The zero-order chi connectivity index (χ0) is 12.6. The molecule has 1 heterocycles. The molecule has 3 heteroatoms. The van der Waals surface area contributed by atoms with Gasteiger partial charge in [-0.2, -0.15) is 5.10 Å². The standard InChI is InChI=1S/C15H21N3/c1-2-3-4-10-16-13-14-6-8-15(9-7-14)18-12-5-11-17-18/h5-9,11-12,16H,2-4,10,13H2,1H3. The van der Waals surface area contributed by atoms with Gasteiger partial charge in [-0.1, -0.05) is 31.9 Å². The van der Waals surface area contributed by atoms with Gasteiger partial charge in [0.05, 0.1) is 5.69 Å². The van der Waals surface area contributed by atoms with E-state index < -0.39 is 0 Å². The van der Waals surface area contributed by atoms with Gasteiger partial charge in [-0.05, 0) is 36.7 Å². The van der Waals surface area contributed by atoms with Crippen LogP contribution in [0, 0.1) is 0 Å². The number of hydrogen-bond acceptors (Lipinski definition) is 2. The van der Waals surface area contributed by atoms with Gasteiger partial charge in [-0.3, -0.25) is 0 Å². The maximum Gasteiger partial charge on any atom is 0.0645 e. The second-order valence-corrected chi connectivity index (χ2v) is 4.50. The Labute approximate surface area is 109 Å². The van der Waals surface area contributed by atoms with E-state index in [1.807, 2.05) is 16.9 Å². The van der Waals surface area contributed by atoms with Crippen LogP contribution < -0.4 is 5.32 Å². The smallest absolute Gasteiger partial charge is 0.0645 e. The van der Waals surface area contributed by atoms with Gasteiger partial charge in [0.2, 0.25) is 0 Å². The molecule has 0 radical (unpaired) electrons. The zero-order valence-corrected chi connectivity index (χ0v) is 11.0. The van der Waals surface area contributed by atoms with Crippen LogP contribution in [0.2, 0.25) is 0 Å². The maximum absolute atomic E-state index is 4.21. The number of hydrogen-bond donors (Lipinski definition) is 1. The minimum atomic E-state index is 0.948. The van der Waals surface area contributed by atoms with Gasteiger partial charge in [-0.25, -0.2) is 4.68 Å². The summed E-state index contributed by atoms with van der Waals surface area (Å²) in [5.74, 6) is 0. The van der Waals surface area contributed by atoms with Crippen molar-refractivity contribution in [3.63, 3.8) is 0 Å². The third kappa shape index (κ3) is 3.70. The van der Waals surface area contributed by atoms with Crippen molar-refractivity contribution < 1.29 is 0 Å². The molecule has 1 aromatic heterocycles. The Balaban J connectivity index is 1.81. The number of aromatic nitrogens is 2. The first-order valence-corrected chi connectivity index (χ1v) is 6.70. The van der Waals surface area contributed by atoms with Crippen molar-refractivity contribution in [1.82, 2.24) is 15.1 Å². The van der Waals surface area contributed by atoms with Gasteiger partial charge in [-0.15, -0.1) is 0 Å². The molecule has 2 aromatic rings. The summed E-state index contributed by atoms with van der Waals surface area (Å²) < 4.78 is 1.87. The van der Waals surface area contributed by atoms with Gasteiger partial charge in [0.15, 0.2) is 0 Å². The van der Waals surface area contributed by atoms with Gasteiger partial charge >= 0.3 is 0 Å². The molecule has 0 aliphatic heterocycles. The molecule has 1 aromatic carbocycles. The third-order valence-electron chi connectivity index (χ3n) is 2.99. The lowest BCUT2D eigenvalue weighted by atomic mass is 10.2. The molecule has 0 saturated carbocycles. The van der Waals surface area contributed by atoms with Crippen molar-refractivity contribution in [3.8, 4) is 5.69 Å². The molecular weight excluding hydrogens is 222 g/mol. The van der Waals surface area contributed by atoms with E-state index in [0.29, 0.717) is 0 Å². The van der Waals surface area contributed by atoms with Crippen LogP contribution in [0.1, 0.15) is 31.7 Å². The van der Waals surface area contributed by atoms with Gasteiger partial charge in [0, 0.05) is 18.9 Å². The quantitative estimate of drug-likeness (QED) is 0.757. The van der Waals surface area contributed by atoms with E-state index in [9.17, 15) is 0 Å². The summed E-state index contributed by atoms with van der Waals surface area (Å²) in [6.07, 6.45) is 7.61. The molecule has 2 rings (SSSR count). The van der Waals surface area contributed by atoms with Crippen LogP contribution in [-0.2, 0) is 6.54 Å². The third-order valence-corrected chi connectivity index (χ3v) is 2.99. The minimum absolute atomic E-state index is 0.948. The fourth-order valence-corrected chi connectivity index (χ4v) is 1.92. The van der Waals surface area contributed by atoms with Crippen LogP contribution in [0.5, 0.6) is 0 Å². The molecule has 0 aliphatic rings. The van der Waals surface area contributed by atoms with Gasteiger partial charge in [0.1, 0.15) is 0 Å². The zero-order valence-electron chi connectivity index (χ0n) is 11.0. The van der Waals surface area contributed by atoms with Crippen LogP contribution in [0.15, 0.2) is 42.7 Å². The average molecular weight is 243 g/mol. The molecule has 0 amide bonds. The van der Waals surface area contributed by atoms with E-state index in [-0.39, 0.29) is 0 Å². The van der Waals surface area contributed by atoms with Gasteiger partial charge < -0.3 is 5.32 Å². The van der Waals surface area contributed by atoms with E-state index in [4.69, 9.17) is 0 Å². The molecule has 0 spiro atoms. The Morgan fingerprint density at radius 1 is 1.17 bits per heavy atom. The summed E-state index contributed by atoms with van der Waals surface area (Å²) in [6.45, 7) is 4.28. The van der Waals surface area contributed by atoms with E-state index in [0.717, 1.165) is 18.8 Å². The fraction of sp³-hybridized carbons (Fsp3) is 0.400. The molecule has 0 aliphatic carbocycles. The SMILES string of the molecule is CCCCCNCc1ccc(-n2cccn2)cc1. The monoisotopic (exact) mass is 243 g/mol. The molecule has 0 saturated heterocycles. The minimum Gasteiger partial charge on any atom is -0.313 e. The highest BCUT2D eigenvalue weighted by molar-refractivity contribution is 5.33. The van der Waals surface area contributed by atoms with Crippen molar-refractivity contribution in [2.45, 2.75) is 32.7 Å². The number of nitrogens with zero attached hydrogens (tertiary/aromatic N) is 2. The molecule has 18 heavy (non-hydrogen) atoms. The first-order valence-electron chi connectivity index (χ1n) is 6.70. The number of unbranched alkanes of at least 4 members (excludes halogenated alkanes) is 2. The summed E-state index contributed by atoms with van der Waals surface area (Å²) in [5.41, 5.74) is 2.43. The molecule has 0 atom stereocenters. The molecule has 1 N–H and O–H groups in total. The molecular formula is C15H21N3. The lowest BCUT2D eigenvalue weighted by Gasteiger charge is -2.06. The molecule has 0 unspecified atom stereocenters. The summed E-state index contributed by atoms with van der Waals surface area (Å²) in [6, 6.07) is 10.5. The van der Waals surface area contributed by atoms with Crippen LogP contribution >= 0.6 is 0 Å². The van der Waals surface area contributed by atoms with Crippen LogP contribution in [0.25, 0.3) is 5.69 Å². The normalized spacial score (nSPS) is 10.7. The summed E-state index contributed by atoms with van der Waals surface area (Å²) in [5, 5.41) is 7.68. The van der Waals surface area contributed by atoms with Crippen LogP contribution in [0.3, 0.4) is 0 Å². The van der Waals surface area contributed by atoms with E-state index in [1.54, 1.807) is 6.20 Å². The summed E-state index contributed by atoms with van der Waals surface area (Å²) in [7, 11) is 0. The summed E-state index contributed by atoms with van der Waals surface area (Å²) in [4.78, 5) is 0. The topological polar surface area (TPSA) is 29.9 Å². The lowest BCUT2D eigenvalue weighted by molar-refractivity contribution is 0.617. The lowest BCUT2D eigenvalue weighted by Crippen LogP contribution is -2.14. The van der Waals surface area contributed by atoms with Crippen molar-refractivity contribution in [3.05, 3.63) is 48.3 Å². The van der Waals surface area contributed by atoms with Crippen molar-refractivity contribution >= 4 is 0 Å².